The summed E-state index contributed by atoms with van der Waals surface area (Å²) in [4.78, 5) is 21.7. The number of carbonyl (C=O) groups is 1. The van der Waals surface area contributed by atoms with Gasteiger partial charge in [-0.05, 0) is 30.5 Å². The predicted molar refractivity (Wildman–Crippen MR) is 115 cm³/mol. The predicted octanol–water partition coefficient (Wildman–Crippen LogP) is 2.51. The number of carbonyl (C=O) groups excluding carboxylic acids is 1. The van der Waals surface area contributed by atoms with E-state index in [4.69, 9.17) is 14.8 Å². The fraction of sp³-hybridized carbons (Fsp3) is 0.435. The average Bonchev–Trinajstić information content (AvgIpc) is 3.45. The molecule has 1 unspecified atom stereocenters. The number of fused-ring (bicyclic) bond motifs is 1. The van der Waals surface area contributed by atoms with Gasteiger partial charge < -0.3 is 14.5 Å². The maximum absolute atomic E-state index is 12.7. The van der Waals surface area contributed by atoms with Gasteiger partial charge in [0.15, 0.2) is 11.5 Å². The molecule has 2 aromatic heterocycles. The first-order chi connectivity index (χ1) is 14.8. The second kappa shape index (κ2) is 8.44. The lowest BCUT2D eigenvalue weighted by Crippen LogP contribution is -2.36. The van der Waals surface area contributed by atoms with E-state index >= 15 is 0 Å². The molecule has 0 radical (unpaired) electrons. The van der Waals surface area contributed by atoms with Crippen molar-refractivity contribution in [3.05, 3.63) is 60.0 Å². The van der Waals surface area contributed by atoms with Gasteiger partial charge in [-0.25, -0.2) is 9.50 Å². The van der Waals surface area contributed by atoms with Gasteiger partial charge in [-0.15, -0.1) is 0 Å². The van der Waals surface area contributed by atoms with Crippen LogP contribution in [0.1, 0.15) is 30.1 Å². The Morgan fingerprint density at radius 1 is 1.07 bits per heavy atom. The largest absolute Gasteiger partial charge is 0.378 e. The van der Waals surface area contributed by atoms with Crippen LogP contribution in [0.4, 0.5) is 5.69 Å². The normalized spacial score (nSPS) is 19.5. The highest BCUT2D eigenvalue weighted by atomic mass is 16.5. The Hall–Kier alpha value is -2.93. The summed E-state index contributed by atoms with van der Waals surface area (Å²) in [6, 6.07) is 14.3. The molecule has 2 fully saturated rings. The molecule has 0 bridgehead atoms. The van der Waals surface area contributed by atoms with E-state index in [-0.39, 0.29) is 11.8 Å². The second-order valence-electron chi connectivity index (χ2n) is 8.07. The number of nitrogens with zero attached hydrogens (tertiary/aromatic N) is 5. The van der Waals surface area contributed by atoms with E-state index in [1.54, 1.807) is 0 Å². The van der Waals surface area contributed by atoms with Gasteiger partial charge in [0.05, 0.1) is 25.1 Å². The summed E-state index contributed by atoms with van der Waals surface area (Å²) in [7, 11) is 0. The van der Waals surface area contributed by atoms with Gasteiger partial charge in [0.1, 0.15) is 0 Å². The minimum Gasteiger partial charge on any atom is -0.378 e. The Kier molecular flexibility index (Phi) is 5.36. The number of rotatable bonds is 5. The quantitative estimate of drug-likeness (QED) is 0.653. The Labute approximate surface area is 176 Å². The molecule has 7 nitrogen and oxygen atoms in total. The SMILES string of the molecule is O=C(CCc1ccccc1)N1CCC(c2nc3ccc(N4CCOCC4)cn3n2)C1. The Balaban J connectivity index is 1.23. The molecule has 2 aliphatic rings. The highest BCUT2D eigenvalue weighted by molar-refractivity contribution is 5.76. The number of hydrogen-bond acceptors (Lipinski definition) is 5. The van der Waals surface area contributed by atoms with Gasteiger partial charge in [0.25, 0.3) is 0 Å². The molecule has 1 aromatic carbocycles. The molecule has 0 spiro atoms. The van der Waals surface area contributed by atoms with Gasteiger partial charge in [-0.2, -0.15) is 5.10 Å². The third-order valence-corrected chi connectivity index (χ3v) is 6.08. The van der Waals surface area contributed by atoms with Crippen molar-refractivity contribution in [2.75, 3.05) is 44.3 Å². The summed E-state index contributed by atoms with van der Waals surface area (Å²) in [5.41, 5.74) is 3.21. The van der Waals surface area contributed by atoms with Gasteiger partial charge in [-0.1, -0.05) is 30.3 Å². The zero-order valence-corrected chi connectivity index (χ0v) is 17.1. The first kappa shape index (κ1) is 19.1. The maximum Gasteiger partial charge on any atom is 0.222 e. The van der Waals surface area contributed by atoms with Crippen LogP contribution in [0.25, 0.3) is 5.65 Å². The number of pyridine rings is 1. The zero-order chi connectivity index (χ0) is 20.3. The number of aromatic nitrogens is 3. The van der Waals surface area contributed by atoms with Crippen molar-refractivity contribution in [3.63, 3.8) is 0 Å². The van der Waals surface area contributed by atoms with Crippen molar-refractivity contribution >= 4 is 17.2 Å². The molecule has 7 heteroatoms. The van der Waals surface area contributed by atoms with Crippen LogP contribution in [0.15, 0.2) is 48.7 Å². The highest BCUT2D eigenvalue weighted by Gasteiger charge is 2.29. The molecule has 30 heavy (non-hydrogen) atoms. The highest BCUT2D eigenvalue weighted by Crippen LogP contribution is 2.26. The van der Waals surface area contributed by atoms with E-state index < -0.39 is 0 Å². The monoisotopic (exact) mass is 405 g/mol. The lowest BCUT2D eigenvalue weighted by Gasteiger charge is -2.28. The van der Waals surface area contributed by atoms with Crippen molar-refractivity contribution in [2.24, 2.45) is 0 Å². The van der Waals surface area contributed by atoms with Crippen molar-refractivity contribution in [1.82, 2.24) is 19.5 Å². The molecule has 0 saturated carbocycles. The van der Waals surface area contributed by atoms with Gasteiger partial charge in [0, 0.05) is 38.5 Å². The Morgan fingerprint density at radius 3 is 2.73 bits per heavy atom. The molecule has 2 aliphatic heterocycles. The lowest BCUT2D eigenvalue weighted by atomic mass is 10.1. The van der Waals surface area contributed by atoms with Crippen LogP contribution in [0.2, 0.25) is 0 Å². The molecule has 156 valence electrons. The average molecular weight is 406 g/mol. The summed E-state index contributed by atoms with van der Waals surface area (Å²) >= 11 is 0. The number of hydrogen-bond donors (Lipinski definition) is 0. The summed E-state index contributed by atoms with van der Waals surface area (Å²) in [6.07, 6.45) is 4.31. The first-order valence-electron chi connectivity index (χ1n) is 10.8. The van der Waals surface area contributed by atoms with E-state index in [0.29, 0.717) is 13.0 Å². The number of likely N-dealkylation sites (tertiary alicyclic amines) is 1. The van der Waals surface area contributed by atoms with E-state index in [1.165, 1.54) is 5.56 Å². The van der Waals surface area contributed by atoms with E-state index in [9.17, 15) is 4.79 Å². The van der Waals surface area contributed by atoms with Crippen LogP contribution in [0.3, 0.4) is 0 Å². The first-order valence-corrected chi connectivity index (χ1v) is 10.8. The van der Waals surface area contributed by atoms with Crippen LogP contribution in [-0.2, 0) is 16.0 Å². The summed E-state index contributed by atoms with van der Waals surface area (Å²) in [5, 5.41) is 4.75. The number of ether oxygens (including phenoxy) is 1. The molecule has 2 saturated heterocycles. The number of benzene rings is 1. The molecule has 1 atom stereocenters. The summed E-state index contributed by atoms with van der Waals surface area (Å²) in [6.45, 7) is 4.81. The standard InChI is InChI=1S/C23H27N5O2/c29-22(9-6-18-4-2-1-3-5-18)27-11-10-19(16-27)23-24-21-8-7-20(17-28(21)25-23)26-12-14-30-15-13-26/h1-5,7-8,17,19H,6,9-16H2. The molecule has 4 heterocycles. The van der Waals surface area contributed by atoms with Crippen molar-refractivity contribution in [3.8, 4) is 0 Å². The zero-order valence-electron chi connectivity index (χ0n) is 17.1. The van der Waals surface area contributed by atoms with E-state index in [1.807, 2.05) is 33.7 Å². The third-order valence-electron chi connectivity index (χ3n) is 6.08. The maximum atomic E-state index is 12.7. The van der Waals surface area contributed by atoms with Crippen LogP contribution in [-0.4, -0.2) is 64.8 Å². The van der Waals surface area contributed by atoms with Gasteiger partial charge in [0.2, 0.25) is 5.91 Å². The van der Waals surface area contributed by atoms with Gasteiger partial charge >= 0.3 is 0 Å². The minimum atomic E-state index is 0.206. The second-order valence-corrected chi connectivity index (χ2v) is 8.07. The van der Waals surface area contributed by atoms with Crippen molar-refractivity contribution in [1.29, 1.82) is 0 Å². The molecule has 0 aliphatic carbocycles. The molecule has 1 amide bonds. The summed E-state index contributed by atoms with van der Waals surface area (Å²) in [5.74, 6) is 1.27. The van der Waals surface area contributed by atoms with Crippen LogP contribution in [0.5, 0.6) is 0 Å². The van der Waals surface area contributed by atoms with Crippen LogP contribution >= 0.6 is 0 Å². The van der Waals surface area contributed by atoms with Crippen molar-refractivity contribution in [2.45, 2.75) is 25.2 Å². The van der Waals surface area contributed by atoms with Crippen LogP contribution < -0.4 is 4.90 Å². The molecule has 3 aromatic rings. The molecular formula is C23H27N5O2. The number of anilines is 1. The third kappa shape index (κ3) is 4.03. The lowest BCUT2D eigenvalue weighted by molar-refractivity contribution is -0.130. The molecular weight excluding hydrogens is 378 g/mol. The number of amides is 1. The fourth-order valence-electron chi connectivity index (χ4n) is 4.32. The smallest absolute Gasteiger partial charge is 0.222 e. The van der Waals surface area contributed by atoms with Crippen LogP contribution in [0, 0.1) is 0 Å². The molecule has 5 rings (SSSR count). The molecule has 0 N–H and O–H groups in total. The Bertz CT molecular complexity index is 1010. The van der Waals surface area contributed by atoms with Gasteiger partial charge in [-0.3, -0.25) is 4.79 Å². The topological polar surface area (TPSA) is 63.0 Å². The minimum absolute atomic E-state index is 0.206. The van der Waals surface area contributed by atoms with E-state index in [2.05, 4.69) is 29.3 Å². The van der Waals surface area contributed by atoms with E-state index in [0.717, 1.165) is 62.8 Å². The summed E-state index contributed by atoms with van der Waals surface area (Å²) < 4.78 is 7.32. The van der Waals surface area contributed by atoms with Crippen molar-refractivity contribution < 1.29 is 9.53 Å². The number of aryl methyl sites for hydroxylation is 1. The fourth-order valence-corrected chi connectivity index (χ4v) is 4.32. The number of morpholine rings is 1. The Morgan fingerprint density at radius 2 is 1.90 bits per heavy atom.